The highest BCUT2D eigenvalue weighted by atomic mass is 19.2. The Morgan fingerprint density at radius 2 is 1.79 bits per heavy atom. The van der Waals surface area contributed by atoms with Crippen LogP contribution in [0.25, 0.3) is 5.69 Å². The summed E-state index contributed by atoms with van der Waals surface area (Å²) in [7, 11) is 1.23. The Balaban J connectivity index is 1.93. The van der Waals surface area contributed by atoms with Crippen LogP contribution in [0.3, 0.4) is 0 Å². The summed E-state index contributed by atoms with van der Waals surface area (Å²) in [6.45, 7) is -0.330. The summed E-state index contributed by atoms with van der Waals surface area (Å²) >= 11 is 0. The molecular weight excluding hydrogens is 394 g/mol. The van der Waals surface area contributed by atoms with Gasteiger partial charge in [-0.25, -0.2) is 22.2 Å². The van der Waals surface area contributed by atoms with Gasteiger partial charge in [0.05, 0.1) is 18.9 Å². The zero-order chi connectivity index (χ0) is 21.1. The van der Waals surface area contributed by atoms with Gasteiger partial charge >= 0.3 is 0 Å². The first-order chi connectivity index (χ1) is 13.8. The standard InChI is InChI=1S/C19H13F4N3O3/c1-29-17-8-16(27)18(25-26(17)12-4-5-13(21)15(23)7-12)19(28)24-9-10-2-3-11(20)6-14(10)22/h2-8H,9H2,1H3,(H,24,28). The highest BCUT2D eigenvalue weighted by molar-refractivity contribution is 5.92. The Bertz CT molecular complexity index is 1150. The number of carbonyl (C=O) groups excluding carboxylic acids is 1. The molecule has 3 rings (SSSR count). The number of benzene rings is 2. The normalized spacial score (nSPS) is 10.7. The fourth-order valence-corrected chi connectivity index (χ4v) is 2.47. The van der Waals surface area contributed by atoms with Crippen molar-refractivity contribution in [1.29, 1.82) is 0 Å². The van der Waals surface area contributed by atoms with Crippen LogP contribution in [0.5, 0.6) is 5.88 Å². The predicted molar refractivity (Wildman–Crippen MR) is 93.8 cm³/mol. The summed E-state index contributed by atoms with van der Waals surface area (Å²) in [6.07, 6.45) is 0. The van der Waals surface area contributed by atoms with E-state index in [1.807, 2.05) is 0 Å². The molecule has 0 aliphatic carbocycles. The lowest BCUT2D eigenvalue weighted by Gasteiger charge is -2.13. The number of methoxy groups -OCH3 is 1. The van der Waals surface area contributed by atoms with E-state index in [2.05, 4.69) is 10.4 Å². The minimum atomic E-state index is -1.16. The van der Waals surface area contributed by atoms with Crippen LogP contribution >= 0.6 is 0 Å². The fourth-order valence-electron chi connectivity index (χ4n) is 2.47. The molecule has 6 nitrogen and oxygen atoms in total. The SMILES string of the molecule is COc1cc(=O)c(C(=O)NCc2ccc(F)cc2F)nn1-c1ccc(F)c(F)c1. The van der Waals surface area contributed by atoms with Crippen LogP contribution in [0.15, 0.2) is 47.3 Å². The first-order valence-corrected chi connectivity index (χ1v) is 8.16. The van der Waals surface area contributed by atoms with Crippen molar-refractivity contribution in [2.45, 2.75) is 6.54 Å². The predicted octanol–water partition coefficient (Wildman–Crippen LogP) is 2.73. The van der Waals surface area contributed by atoms with E-state index in [0.717, 1.165) is 35.0 Å². The van der Waals surface area contributed by atoms with Crippen molar-refractivity contribution in [2.75, 3.05) is 7.11 Å². The first kappa shape index (κ1) is 20.1. The van der Waals surface area contributed by atoms with Crippen molar-refractivity contribution in [1.82, 2.24) is 15.1 Å². The van der Waals surface area contributed by atoms with Gasteiger partial charge in [0.1, 0.15) is 11.6 Å². The molecule has 0 unspecified atom stereocenters. The Morgan fingerprint density at radius 1 is 1.03 bits per heavy atom. The molecule has 0 bridgehead atoms. The van der Waals surface area contributed by atoms with Crippen molar-refractivity contribution < 1.29 is 27.1 Å². The first-order valence-electron chi connectivity index (χ1n) is 8.16. The van der Waals surface area contributed by atoms with Gasteiger partial charge in [0.25, 0.3) is 5.91 Å². The number of nitrogens with zero attached hydrogens (tertiary/aromatic N) is 2. The second-order valence-corrected chi connectivity index (χ2v) is 5.83. The van der Waals surface area contributed by atoms with Crippen LogP contribution in [0.2, 0.25) is 0 Å². The Hall–Kier alpha value is -3.69. The van der Waals surface area contributed by atoms with Crippen LogP contribution in [0, 0.1) is 23.3 Å². The largest absolute Gasteiger partial charge is 0.481 e. The van der Waals surface area contributed by atoms with Crippen molar-refractivity contribution in [2.24, 2.45) is 0 Å². The molecule has 0 saturated heterocycles. The van der Waals surface area contributed by atoms with E-state index in [1.165, 1.54) is 13.2 Å². The summed E-state index contributed by atoms with van der Waals surface area (Å²) < 4.78 is 59.3. The van der Waals surface area contributed by atoms with Gasteiger partial charge in [-0.2, -0.15) is 5.10 Å². The molecule has 2 aromatic carbocycles. The third kappa shape index (κ3) is 4.26. The molecule has 150 valence electrons. The second-order valence-electron chi connectivity index (χ2n) is 5.83. The average Bonchev–Trinajstić information content (AvgIpc) is 2.69. The topological polar surface area (TPSA) is 73.2 Å². The summed E-state index contributed by atoms with van der Waals surface area (Å²) in [4.78, 5) is 24.6. The molecule has 3 aromatic rings. The Kier molecular flexibility index (Phi) is 5.62. The van der Waals surface area contributed by atoms with Gasteiger partial charge in [0.2, 0.25) is 11.3 Å². The number of hydrogen-bond donors (Lipinski definition) is 1. The number of aromatic nitrogens is 2. The quantitative estimate of drug-likeness (QED) is 0.661. The molecule has 1 heterocycles. The van der Waals surface area contributed by atoms with Crippen molar-refractivity contribution in [3.05, 3.63) is 87.2 Å². The zero-order valence-electron chi connectivity index (χ0n) is 14.9. The smallest absolute Gasteiger partial charge is 0.276 e. The van der Waals surface area contributed by atoms with Gasteiger partial charge in [0, 0.05) is 24.2 Å². The van der Waals surface area contributed by atoms with Crippen molar-refractivity contribution in [3.8, 4) is 11.6 Å². The lowest BCUT2D eigenvalue weighted by molar-refractivity contribution is 0.0942. The lowest BCUT2D eigenvalue weighted by atomic mass is 10.2. The van der Waals surface area contributed by atoms with E-state index >= 15 is 0 Å². The monoisotopic (exact) mass is 407 g/mol. The van der Waals surface area contributed by atoms with Crippen LogP contribution < -0.4 is 15.5 Å². The molecule has 0 spiro atoms. The molecular formula is C19H13F4N3O3. The maximum atomic E-state index is 13.7. The third-order valence-electron chi connectivity index (χ3n) is 3.92. The van der Waals surface area contributed by atoms with Crippen LogP contribution in [0.1, 0.15) is 16.1 Å². The Morgan fingerprint density at radius 3 is 2.45 bits per heavy atom. The molecule has 0 fully saturated rings. The number of carbonyl (C=O) groups is 1. The van der Waals surface area contributed by atoms with Gasteiger partial charge in [-0.3, -0.25) is 9.59 Å². The number of hydrogen-bond acceptors (Lipinski definition) is 4. The molecule has 1 N–H and O–H groups in total. The van der Waals surface area contributed by atoms with E-state index in [0.29, 0.717) is 6.07 Å². The number of rotatable bonds is 5. The van der Waals surface area contributed by atoms with Crippen molar-refractivity contribution in [3.63, 3.8) is 0 Å². The highest BCUT2D eigenvalue weighted by Gasteiger charge is 2.18. The minimum Gasteiger partial charge on any atom is -0.481 e. The van der Waals surface area contributed by atoms with E-state index in [9.17, 15) is 27.2 Å². The van der Waals surface area contributed by atoms with E-state index < -0.39 is 40.3 Å². The molecule has 0 atom stereocenters. The van der Waals surface area contributed by atoms with Gasteiger partial charge in [0.15, 0.2) is 17.3 Å². The van der Waals surface area contributed by atoms with Crippen LogP contribution in [-0.2, 0) is 6.54 Å². The molecule has 10 heteroatoms. The number of nitrogens with one attached hydrogen (secondary N) is 1. The number of halogens is 4. The van der Waals surface area contributed by atoms with Gasteiger partial charge in [-0.15, -0.1) is 0 Å². The summed E-state index contributed by atoms with van der Waals surface area (Å²) in [5.74, 6) is -4.97. The molecule has 0 aliphatic rings. The van der Waals surface area contributed by atoms with Gasteiger partial charge in [-0.1, -0.05) is 6.07 Å². The van der Waals surface area contributed by atoms with Crippen LogP contribution in [-0.4, -0.2) is 22.8 Å². The summed E-state index contributed by atoms with van der Waals surface area (Å²) in [6, 6.07) is 6.60. The summed E-state index contributed by atoms with van der Waals surface area (Å²) in [5.41, 5.74) is -1.40. The van der Waals surface area contributed by atoms with E-state index in [4.69, 9.17) is 4.74 Å². The van der Waals surface area contributed by atoms with Gasteiger partial charge in [-0.05, 0) is 18.2 Å². The molecule has 29 heavy (non-hydrogen) atoms. The Labute approximate surface area is 161 Å². The summed E-state index contributed by atoms with van der Waals surface area (Å²) in [5, 5.41) is 6.16. The maximum absolute atomic E-state index is 13.7. The minimum absolute atomic E-state index is 0.000575. The molecule has 0 saturated carbocycles. The van der Waals surface area contributed by atoms with E-state index in [1.54, 1.807) is 0 Å². The van der Waals surface area contributed by atoms with E-state index in [-0.39, 0.29) is 23.7 Å². The zero-order valence-corrected chi connectivity index (χ0v) is 14.9. The molecule has 0 radical (unpaired) electrons. The maximum Gasteiger partial charge on any atom is 0.276 e. The molecule has 0 aliphatic heterocycles. The number of ether oxygens (including phenoxy) is 1. The fraction of sp³-hybridized carbons (Fsp3) is 0.105. The van der Waals surface area contributed by atoms with Gasteiger partial charge < -0.3 is 10.1 Å². The molecule has 1 amide bonds. The lowest BCUT2D eigenvalue weighted by Crippen LogP contribution is -2.31. The highest BCUT2D eigenvalue weighted by Crippen LogP contribution is 2.18. The van der Waals surface area contributed by atoms with Crippen LogP contribution in [0.4, 0.5) is 17.6 Å². The van der Waals surface area contributed by atoms with Crippen molar-refractivity contribution >= 4 is 5.91 Å². The third-order valence-corrected chi connectivity index (χ3v) is 3.92. The average molecular weight is 407 g/mol. The molecule has 1 aromatic heterocycles. The second kappa shape index (κ2) is 8.13. The number of amides is 1.